The van der Waals surface area contributed by atoms with Crippen LogP contribution in [0.3, 0.4) is 0 Å². The molecule has 0 unspecified atom stereocenters. The van der Waals surface area contributed by atoms with Gasteiger partial charge in [0.2, 0.25) is 0 Å². The highest BCUT2D eigenvalue weighted by Crippen LogP contribution is 2.53. The van der Waals surface area contributed by atoms with Crippen molar-refractivity contribution in [3.05, 3.63) is 81.4 Å². The van der Waals surface area contributed by atoms with Crippen molar-refractivity contribution >= 4 is 28.7 Å². The first-order valence-corrected chi connectivity index (χ1v) is 14.0. The Morgan fingerprint density at radius 3 is 1.84 bits per heavy atom. The number of rotatable bonds is 3. The SMILES string of the molecule is Cc1cc2c(cc1N(c1cc(O)cc(Cl)c1)c1ccc3c(c1)C(C)(C)CC3(C)C)C(C)(C)CCC2(C)C. The molecule has 0 saturated carbocycles. The molecule has 1 N–H and O–H groups in total. The number of aryl methyl sites for hydroxylation is 1. The maximum atomic E-state index is 10.5. The summed E-state index contributed by atoms with van der Waals surface area (Å²) in [6.07, 6.45) is 3.47. The van der Waals surface area contributed by atoms with Crippen LogP contribution in [-0.2, 0) is 21.7 Å². The summed E-state index contributed by atoms with van der Waals surface area (Å²) in [4.78, 5) is 2.29. The predicted octanol–water partition coefficient (Wildman–Crippen LogP) is 10.1. The first kappa shape index (κ1) is 26.2. The van der Waals surface area contributed by atoms with Crippen LogP contribution in [0.25, 0.3) is 0 Å². The summed E-state index contributed by atoms with van der Waals surface area (Å²) >= 11 is 6.50. The van der Waals surface area contributed by atoms with Crippen LogP contribution in [0.15, 0.2) is 48.5 Å². The van der Waals surface area contributed by atoms with Crippen LogP contribution >= 0.6 is 11.6 Å². The second kappa shape index (κ2) is 8.27. The molecule has 0 heterocycles. The largest absolute Gasteiger partial charge is 0.508 e. The van der Waals surface area contributed by atoms with E-state index < -0.39 is 0 Å². The molecule has 196 valence electrons. The number of phenolic OH excluding ortho intramolecular Hbond substituents is 1. The zero-order chi connectivity index (χ0) is 27.1. The van der Waals surface area contributed by atoms with E-state index in [1.54, 1.807) is 6.07 Å². The molecule has 0 aromatic heterocycles. The second-order valence-corrected chi connectivity index (χ2v) is 14.6. The van der Waals surface area contributed by atoms with Crippen LogP contribution in [0.5, 0.6) is 5.75 Å². The second-order valence-electron chi connectivity index (χ2n) is 14.1. The molecule has 0 bridgehead atoms. The molecule has 37 heavy (non-hydrogen) atoms. The van der Waals surface area contributed by atoms with Crippen LogP contribution in [0.1, 0.15) is 102 Å². The Balaban J connectivity index is 1.78. The normalized spacial score (nSPS) is 20.3. The minimum Gasteiger partial charge on any atom is -0.508 e. The van der Waals surface area contributed by atoms with Gasteiger partial charge in [0.25, 0.3) is 0 Å². The number of phenols is 1. The lowest BCUT2D eigenvalue weighted by atomic mass is 9.63. The standard InChI is InChI=1S/C34H42ClNO/c1-21-14-27-29(32(4,5)13-12-31(27,2)3)19-30(21)36(24-15-22(35)16-25(37)17-24)23-10-11-26-28(18-23)34(8,9)20-33(26,6)7/h10-11,14-19,37H,12-13,20H2,1-9H3. The summed E-state index contributed by atoms with van der Waals surface area (Å²) in [5.41, 5.74) is 10.5. The van der Waals surface area contributed by atoms with E-state index in [4.69, 9.17) is 11.6 Å². The third-order valence-corrected chi connectivity index (χ3v) is 9.36. The number of anilines is 3. The number of aromatic hydroxyl groups is 1. The summed E-state index contributed by atoms with van der Waals surface area (Å²) < 4.78 is 0. The Morgan fingerprint density at radius 2 is 1.22 bits per heavy atom. The van der Waals surface area contributed by atoms with Gasteiger partial charge in [0.15, 0.2) is 0 Å². The van der Waals surface area contributed by atoms with Gasteiger partial charge in [-0.15, -0.1) is 0 Å². The van der Waals surface area contributed by atoms with Gasteiger partial charge < -0.3 is 10.0 Å². The average molecular weight is 516 g/mol. The van der Waals surface area contributed by atoms with Crippen molar-refractivity contribution in [3.63, 3.8) is 0 Å². The molecule has 2 aliphatic carbocycles. The summed E-state index contributed by atoms with van der Waals surface area (Å²) in [5, 5.41) is 11.1. The van der Waals surface area contributed by atoms with Crippen molar-refractivity contribution in [1.29, 1.82) is 0 Å². The van der Waals surface area contributed by atoms with E-state index in [1.165, 1.54) is 34.2 Å². The first-order valence-electron chi connectivity index (χ1n) is 13.6. The summed E-state index contributed by atoms with van der Waals surface area (Å²) in [6.45, 7) is 21.1. The molecule has 0 amide bonds. The van der Waals surface area contributed by atoms with Crippen molar-refractivity contribution in [3.8, 4) is 5.75 Å². The van der Waals surface area contributed by atoms with Crippen LogP contribution in [0.4, 0.5) is 17.1 Å². The maximum absolute atomic E-state index is 10.5. The van der Waals surface area contributed by atoms with Crippen molar-refractivity contribution < 1.29 is 5.11 Å². The molecule has 2 aliphatic rings. The van der Waals surface area contributed by atoms with Gasteiger partial charge in [-0.05, 0) is 106 Å². The van der Waals surface area contributed by atoms with Gasteiger partial charge in [-0.3, -0.25) is 0 Å². The summed E-state index contributed by atoms with van der Waals surface area (Å²) in [5.74, 6) is 0.173. The van der Waals surface area contributed by atoms with Crippen LogP contribution < -0.4 is 4.90 Å². The molecule has 5 rings (SSSR count). The van der Waals surface area contributed by atoms with Gasteiger partial charge in [0, 0.05) is 22.5 Å². The van der Waals surface area contributed by atoms with E-state index in [0.717, 1.165) is 29.9 Å². The maximum Gasteiger partial charge on any atom is 0.119 e. The first-order chi connectivity index (χ1) is 17.0. The molecule has 0 fully saturated rings. The summed E-state index contributed by atoms with van der Waals surface area (Å²) in [6, 6.07) is 17.1. The number of nitrogens with zero attached hydrogens (tertiary/aromatic N) is 1. The fourth-order valence-corrected chi connectivity index (χ4v) is 7.41. The lowest BCUT2D eigenvalue weighted by Gasteiger charge is -2.43. The molecular weight excluding hydrogens is 474 g/mol. The Bertz CT molecular complexity index is 1370. The number of halogens is 1. The van der Waals surface area contributed by atoms with Gasteiger partial charge in [0.1, 0.15) is 5.75 Å². The molecule has 3 aromatic carbocycles. The molecule has 3 aromatic rings. The van der Waals surface area contributed by atoms with Crippen molar-refractivity contribution in [2.45, 2.75) is 103 Å². The molecule has 0 saturated heterocycles. The highest BCUT2D eigenvalue weighted by molar-refractivity contribution is 6.31. The lowest BCUT2D eigenvalue weighted by molar-refractivity contribution is 0.332. The fraction of sp³-hybridized carbons (Fsp3) is 0.471. The predicted molar refractivity (Wildman–Crippen MR) is 158 cm³/mol. The van der Waals surface area contributed by atoms with Gasteiger partial charge in [-0.25, -0.2) is 0 Å². The zero-order valence-electron chi connectivity index (χ0n) is 24.0. The van der Waals surface area contributed by atoms with Crippen LogP contribution in [-0.4, -0.2) is 5.11 Å². The molecule has 3 heteroatoms. The van der Waals surface area contributed by atoms with E-state index >= 15 is 0 Å². The van der Waals surface area contributed by atoms with Crippen molar-refractivity contribution in [2.75, 3.05) is 4.90 Å². The lowest BCUT2D eigenvalue weighted by Crippen LogP contribution is -2.34. The van der Waals surface area contributed by atoms with Gasteiger partial charge in [-0.1, -0.05) is 79.1 Å². The zero-order valence-corrected chi connectivity index (χ0v) is 24.8. The van der Waals surface area contributed by atoms with Crippen LogP contribution in [0, 0.1) is 6.92 Å². The van der Waals surface area contributed by atoms with E-state index in [2.05, 4.69) is 97.5 Å². The molecule has 2 nitrogen and oxygen atoms in total. The van der Waals surface area contributed by atoms with Gasteiger partial charge in [0.05, 0.1) is 5.69 Å². The molecule has 0 radical (unpaired) electrons. The van der Waals surface area contributed by atoms with E-state index in [9.17, 15) is 5.11 Å². The Labute approximate surface area is 228 Å². The van der Waals surface area contributed by atoms with Crippen molar-refractivity contribution in [2.24, 2.45) is 0 Å². The Hall–Kier alpha value is -2.45. The number of benzene rings is 3. The highest BCUT2D eigenvalue weighted by Gasteiger charge is 2.42. The third kappa shape index (κ3) is 4.36. The topological polar surface area (TPSA) is 23.5 Å². The van der Waals surface area contributed by atoms with Gasteiger partial charge in [-0.2, -0.15) is 0 Å². The molecule has 0 aliphatic heterocycles. The van der Waals surface area contributed by atoms with Crippen LogP contribution in [0.2, 0.25) is 5.02 Å². The Morgan fingerprint density at radius 1 is 0.649 bits per heavy atom. The molecule has 0 spiro atoms. The molecule has 0 atom stereocenters. The average Bonchev–Trinajstić information content (AvgIpc) is 2.95. The highest BCUT2D eigenvalue weighted by atomic mass is 35.5. The third-order valence-electron chi connectivity index (χ3n) is 9.14. The molecular formula is C34H42ClNO. The smallest absolute Gasteiger partial charge is 0.119 e. The van der Waals surface area contributed by atoms with Gasteiger partial charge >= 0.3 is 0 Å². The van der Waals surface area contributed by atoms with E-state index in [-0.39, 0.29) is 27.4 Å². The van der Waals surface area contributed by atoms with Crippen molar-refractivity contribution in [1.82, 2.24) is 0 Å². The van der Waals surface area contributed by atoms with E-state index in [1.807, 2.05) is 12.1 Å². The minimum absolute atomic E-state index is 0.0912. The fourth-order valence-electron chi connectivity index (χ4n) is 7.18. The van der Waals surface area contributed by atoms with E-state index in [0.29, 0.717) is 5.02 Å². The summed E-state index contributed by atoms with van der Waals surface area (Å²) in [7, 11) is 0. The monoisotopic (exact) mass is 515 g/mol. The number of hydrogen-bond donors (Lipinski definition) is 1. The quantitative estimate of drug-likeness (QED) is 0.375. The number of hydrogen-bond acceptors (Lipinski definition) is 2. The minimum atomic E-state index is 0.0912. The number of fused-ring (bicyclic) bond motifs is 2. The Kier molecular flexibility index (Phi) is 5.85.